The van der Waals surface area contributed by atoms with Crippen LogP contribution in [0, 0.1) is 0 Å². The topological polar surface area (TPSA) is 12.0 Å². The van der Waals surface area contributed by atoms with Gasteiger partial charge in [0.1, 0.15) is 0 Å². The summed E-state index contributed by atoms with van der Waals surface area (Å²) < 4.78 is 0. The lowest BCUT2D eigenvalue weighted by Gasteiger charge is -1.97. The van der Waals surface area contributed by atoms with Crippen molar-refractivity contribution in [2.24, 2.45) is 0 Å². The highest BCUT2D eigenvalue weighted by molar-refractivity contribution is 8.03. The van der Waals surface area contributed by atoms with Gasteiger partial charge in [0.25, 0.3) is 0 Å². The zero-order chi connectivity index (χ0) is 9.10. The van der Waals surface area contributed by atoms with E-state index in [1.807, 2.05) is 36.0 Å². The molecule has 1 aliphatic rings. The summed E-state index contributed by atoms with van der Waals surface area (Å²) in [6, 6.07) is 7.87. The predicted molar refractivity (Wildman–Crippen MR) is 59.9 cm³/mol. The van der Waals surface area contributed by atoms with E-state index in [9.17, 15) is 0 Å². The van der Waals surface area contributed by atoms with Crippen LogP contribution in [-0.2, 0) is 0 Å². The molecule has 1 nitrogen and oxygen atoms in total. The highest BCUT2D eigenvalue weighted by Gasteiger charge is 2.04. The number of nitrogens with one attached hydrogen (secondary N) is 1. The van der Waals surface area contributed by atoms with Gasteiger partial charge in [-0.2, -0.15) is 0 Å². The molecular weight excluding hydrogens is 202 g/mol. The molecule has 1 N–H and O–H groups in total. The maximum Gasteiger partial charge on any atom is 0.0688 e. The molecule has 0 amide bonds. The van der Waals surface area contributed by atoms with E-state index in [4.69, 9.17) is 11.6 Å². The summed E-state index contributed by atoms with van der Waals surface area (Å²) in [4.78, 5) is 0. The van der Waals surface area contributed by atoms with E-state index in [1.54, 1.807) is 0 Å². The Hall–Kier alpha value is -0.600. The van der Waals surface area contributed by atoms with Crippen LogP contribution in [0.15, 0.2) is 29.3 Å². The summed E-state index contributed by atoms with van der Waals surface area (Å²) >= 11 is 7.65. The second-order valence-corrected chi connectivity index (χ2v) is 4.41. The van der Waals surface area contributed by atoms with Crippen molar-refractivity contribution in [3.8, 4) is 0 Å². The number of rotatable bonds is 1. The smallest absolute Gasteiger partial charge is 0.0688 e. The average molecular weight is 212 g/mol. The third kappa shape index (κ3) is 2.42. The first-order valence-electron chi connectivity index (χ1n) is 4.18. The molecule has 13 heavy (non-hydrogen) atoms. The third-order valence-corrected chi connectivity index (χ3v) is 3.06. The van der Waals surface area contributed by atoms with Crippen molar-refractivity contribution < 1.29 is 0 Å². The van der Waals surface area contributed by atoms with E-state index in [0.29, 0.717) is 0 Å². The van der Waals surface area contributed by atoms with E-state index in [-0.39, 0.29) is 0 Å². The van der Waals surface area contributed by atoms with Crippen LogP contribution >= 0.6 is 23.4 Å². The van der Waals surface area contributed by atoms with Crippen LogP contribution in [0.4, 0.5) is 0 Å². The second-order valence-electron chi connectivity index (χ2n) is 2.84. The lowest BCUT2D eigenvalue weighted by atomic mass is 10.2. The van der Waals surface area contributed by atoms with Crippen LogP contribution in [0.1, 0.15) is 5.56 Å². The Kier molecular flexibility index (Phi) is 2.81. The maximum absolute atomic E-state index is 5.79. The molecule has 0 saturated carbocycles. The lowest BCUT2D eigenvalue weighted by Crippen LogP contribution is -2.03. The minimum absolute atomic E-state index is 0.786. The SMILES string of the molecule is Clc1ccc(/C=C2\NCCS2)cc1. The first-order chi connectivity index (χ1) is 6.34. The second kappa shape index (κ2) is 4.07. The molecule has 0 spiro atoms. The fourth-order valence-electron chi connectivity index (χ4n) is 1.19. The van der Waals surface area contributed by atoms with E-state index >= 15 is 0 Å². The molecule has 1 fully saturated rings. The summed E-state index contributed by atoms with van der Waals surface area (Å²) in [5, 5.41) is 5.35. The monoisotopic (exact) mass is 211 g/mol. The van der Waals surface area contributed by atoms with Crippen molar-refractivity contribution in [3.05, 3.63) is 39.9 Å². The van der Waals surface area contributed by atoms with E-state index in [0.717, 1.165) is 11.6 Å². The first kappa shape index (κ1) is 8.97. The largest absolute Gasteiger partial charge is 0.379 e. The van der Waals surface area contributed by atoms with Crippen molar-refractivity contribution in [1.29, 1.82) is 0 Å². The molecule has 0 aromatic heterocycles. The standard InChI is InChI=1S/C10H10ClNS/c11-9-3-1-8(2-4-9)7-10-12-5-6-13-10/h1-4,7,12H,5-6H2/b10-7+. The molecule has 0 radical (unpaired) electrons. The molecule has 1 heterocycles. The van der Waals surface area contributed by atoms with Gasteiger partial charge >= 0.3 is 0 Å². The number of benzene rings is 1. The molecule has 0 unspecified atom stereocenters. The van der Waals surface area contributed by atoms with Gasteiger partial charge in [-0.1, -0.05) is 23.7 Å². The van der Waals surface area contributed by atoms with Crippen LogP contribution in [-0.4, -0.2) is 12.3 Å². The molecule has 2 rings (SSSR count). The Balaban J connectivity index is 2.17. The molecule has 1 aromatic rings. The van der Waals surface area contributed by atoms with Crippen molar-refractivity contribution in [2.45, 2.75) is 0 Å². The number of hydrogen-bond donors (Lipinski definition) is 1. The number of thioether (sulfide) groups is 1. The molecule has 1 saturated heterocycles. The fraction of sp³-hybridized carbons (Fsp3) is 0.200. The van der Waals surface area contributed by atoms with E-state index in [2.05, 4.69) is 11.4 Å². The van der Waals surface area contributed by atoms with Gasteiger partial charge in [0.2, 0.25) is 0 Å². The zero-order valence-electron chi connectivity index (χ0n) is 7.09. The van der Waals surface area contributed by atoms with E-state index < -0.39 is 0 Å². The summed E-state index contributed by atoms with van der Waals surface area (Å²) in [7, 11) is 0. The maximum atomic E-state index is 5.79. The van der Waals surface area contributed by atoms with Gasteiger partial charge in [-0.15, -0.1) is 11.8 Å². The average Bonchev–Trinajstić information content (AvgIpc) is 2.62. The Morgan fingerprint density at radius 2 is 2.08 bits per heavy atom. The van der Waals surface area contributed by atoms with Gasteiger partial charge in [-0.3, -0.25) is 0 Å². The van der Waals surface area contributed by atoms with E-state index in [1.165, 1.54) is 16.3 Å². The highest BCUT2D eigenvalue weighted by atomic mass is 35.5. The molecule has 68 valence electrons. The summed E-state index contributed by atoms with van der Waals surface area (Å²) in [6.45, 7) is 1.07. The van der Waals surface area contributed by atoms with Gasteiger partial charge < -0.3 is 5.32 Å². The lowest BCUT2D eigenvalue weighted by molar-refractivity contribution is 0.952. The molecular formula is C10H10ClNS. The van der Waals surface area contributed by atoms with Crippen molar-refractivity contribution in [2.75, 3.05) is 12.3 Å². The van der Waals surface area contributed by atoms with Crippen LogP contribution in [0.25, 0.3) is 6.08 Å². The molecule has 0 aliphatic carbocycles. The van der Waals surface area contributed by atoms with Crippen LogP contribution in [0.5, 0.6) is 0 Å². The number of hydrogen-bond acceptors (Lipinski definition) is 2. The summed E-state index contributed by atoms with van der Waals surface area (Å²) in [6.07, 6.45) is 2.15. The van der Waals surface area contributed by atoms with Crippen molar-refractivity contribution in [1.82, 2.24) is 5.32 Å². The predicted octanol–water partition coefficient (Wildman–Crippen LogP) is 2.97. The molecule has 1 aliphatic heterocycles. The summed E-state index contributed by atoms with van der Waals surface area (Å²) in [5.41, 5.74) is 1.20. The molecule has 3 heteroatoms. The highest BCUT2D eigenvalue weighted by Crippen LogP contribution is 2.21. The van der Waals surface area contributed by atoms with Gasteiger partial charge in [-0.05, 0) is 23.8 Å². The fourth-order valence-corrected chi connectivity index (χ4v) is 2.16. The van der Waals surface area contributed by atoms with Crippen molar-refractivity contribution in [3.63, 3.8) is 0 Å². The van der Waals surface area contributed by atoms with Crippen LogP contribution in [0.3, 0.4) is 0 Å². The van der Waals surface area contributed by atoms with Gasteiger partial charge in [-0.25, -0.2) is 0 Å². The number of halogens is 1. The Morgan fingerprint density at radius 1 is 1.31 bits per heavy atom. The Morgan fingerprint density at radius 3 is 2.69 bits per heavy atom. The third-order valence-electron chi connectivity index (χ3n) is 1.83. The van der Waals surface area contributed by atoms with Gasteiger partial charge in [0.15, 0.2) is 0 Å². The van der Waals surface area contributed by atoms with Crippen molar-refractivity contribution >= 4 is 29.4 Å². The Bertz CT molecular complexity index is 310. The van der Waals surface area contributed by atoms with Crippen LogP contribution < -0.4 is 5.32 Å². The molecule has 0 atom stereocenters. The summed E-state index contributed by atoms with van der Waals surface area (Å²) in [5.74, 6) is 1.17. The minimum Gasteiger partial charge on any atom is -0.379 e. The van der Waals surface area contributed by atoms with Crippen LogP contribution in [0.2, 0.25) is 5.02 Å². The first-order valence-corrected chi connectivity index (χ1v) is 5.55. The molecule has 1 aromatic carbocycles. The van der Waals surface area contributed by atoms with Gasteiger partial charge in [0.05, 0.1) is 5.03 Å². The minimum atomic E-state index is 0.786. The Labute approximate surface area is 87.2 Å². The normalized spacial score (nSPS) is 19.0. The zero-order valence-corrected chi connectivity index (χ0v) is 8.66. The van der Waals surface area contributed by atoms with Gasteiger partial charge in [0, 0.05) is 17.3 Å². The molecule has 0 bridgehead atoms. The quantitative estimate of drug-likeness (QED) is 0.767.